The fourth-order valence-electron chi connectivity index (χ4n) is 2.78. The van der Waals surface area contributed by atoms with Gasteiger partial charge in [0.15, 0.2) is 9.84 Å². The van der Waals surface area contributed by atoms with E-state index in [0.29, 0.717) is 19.8 Å². The molecule has 1 aromatic carbocycles. The van der Waals surface area contributed by atoms with E-state index in [9.17, 15) is 16.8 Å². The van der Waals surface area contributed by atoms with Crippen molar-refractivity contribution < 1.29 is 21.6 Å². The third-order valence-electron chi connectivity index (χ3n) is 4.27. The largest absolute Gasteiger partial charge is 0.381 e. The summed E-state index contributed by atoms with van der Waals surface area (Å²) in [5.74, 6) is 0.237. The van der Waals surface area contributed by atoms with E-state index in [2.05, 4.69) is 0 Å². The van der Waals surface area contributed by atoms with Crippen molar-refractivity contribution in [3.8, 4) is 0 Å². The molecule has 1 aliphatic heterocycles. The predicted octanol–water partition coefficient (Wildman–Crippen LogP) is 1.28. The highest BCUT2D eigenvalue weighted by atomic mass is 32.2. The number of sulfone groups is 1. The summed E-state index contributed by atoms with van der Waals surface area (Å²) in [5, 5.41) is 0. The number of hydrogen-bond donors (Lipinski definition) is 0. The van der Waals surface area contributed by atoms with E-state index in [1.54, 1.807) is 4.31 Å². The number of sulfonamides is 1. The van der Waals surface area contributed by atoms with Crippen LogP contribution in [0.1, 0.15) is 19.3 Å². The van der Waals surface area contributed by atoms with Crippen LogP contribution in [0, 0.1) is 5.92 Å². The Kier molecular flexibility index (Phi) is 4.52. The molecule has 0 spiro atoms. The Bertz CT molecular complexity index is 761. The first kappa shape index (κ1) is 16.9. The molecule has 8 heteroatoms. The molecular formula is C15H21NO5S2. The number of hydrogen-bond acceptors (Lipinski definition) is 5. The number of rotatable bonds is 6. The average Bonchev–Trinajstić information content (AvgIpc) is 3.20. The minimum atomic E-state index is -3.60. The van der Waals surface area contributed by atoms with E-state index in [1.807, 2.05) is 0 Å². The molecule has 1 heterocycles. The first-order valence-electron chi connectivity index (χ1n) is 7.68. The molecule has 1 aromatic rings. The maximum absolute atomic E-state index is 12.9. The number of nitrogens with zero attached hydrogens (tertiary/aromatic N) is 1. The molecule has 2 aliphatic rings. The standard InChI is InChI=1S/C15H21NO5S2/c1-22(17,18)14-4-6-15(7-5-14)23(19,20)16(13-2-3-13)10-12-8-9-21-11-12/h4-7,12-13H,2-3,8-11H2,1H3/t12-/m0/s1. The molecule has 0 bridgehead atoms. The second-order valence-electron chi connectivity index (χ2n) is 6.28. The molecular weight excluding hydrogens is 338 g/mol. The zero-order valence-corrected chi connectivity index (χ0v) is 14.6. The summed E-state index contributed by atoms with van der Waals surface area (Å²) in [6.07, 6.45) is 3.75. The molecule has 3 rings (SSSR count). The monoisotopic (exact) mass is 359 g/mol. The Morgan fingerprint density at radius 3 is 2.13 bits per heavy atom. The molecule has 1 atom stereocenters. The first-order valence-corrected chi connectivity index (χ1v) is 11.0. The van der Waals surface area contributed by atoms with E-state index in [0.717, 1.165) is 25.5 Å². The van der Waals surface area contributed by atoms with Crippen LogP contribution in [0.4, 0.5) is 0 Å². The maximum Gasteiger partial charge on any atom is 0.243 e. The van der Waals surface area contributed by atoms with E-state index >= 15 is 0 Å². The lowest BCUT2D eigenvalue weighted by Crippen LogP contribution is -2.37. The van der Waals surface area contributed by atoms with Crippen LogP contribution in [-0.4, -0.2) is 53.2 Å². The highest BCUT2D eigenvalue weighted by Gasteiger charge is 2.39. The smallest absolute Gasteiger partial charge is 0.243 e. The van der Waals surface area contributed by atoms with Crippen LogP contribution >= 0.6 is 0 Å². The second kappa shape index (κ2) is 6.16. The van der Waals surface area contributed by atoms with Crippen LogP contribution < -0.4 is 0 Å². The molecule has 6 nitrogen and oxygen atoms in total. The summed E-state index contributed by atoms with van der Waals surface area (Å²) in [6, 6.07) is 5.53. The van der Waals surface area contributed by atoms with Gasteiger partial charge in [-0.25, -0.2) is 16.8 Å². The van der Waals surface area contributed by atoms with Crippen molar-refractivity contribution in [1.82, 2.24) is 4.31 Å². The minimum absolute atomic E-state index is 0.0650. The summed E-state index contributed by atoms with van der Waals surface area (Å²) in [4.78, 5) is 0.273. The molecule has 1 aliphatic carbocycles. The van der Waals surface area contributed by atoms with Crippen LogP contribution in [0.2, 0.25) is 0 Å². The molecule has 2 fully saturated rings. The average molecular weight is 359 g/mol. The lowest BCUT2D eigenvalue weighted by molar-refractivity contribution is 0.180. The van der Waals surface area contributed by atoms with Gasteiger partial charge in [0.1, 0.15) is 0 Å². The fourth-order valence-corrected chi connectivity index (χ4v) is 5.17. The van der Waals surface area contributed by atoms with Gasteiger partial charge in [0.2, 0.25) is 10.0 Å². The summed E-state index contributed by atoms with van der Waals surface area (Å²) in [7, 11) is -6.94. The zero-order chi connectivity index (χ0) is 16.7. The lowest BCUT2D eigenvalue weighted by atomic mass is 10.1. The van der Waals surface area contributed by atoms with Crippen molar-refractivity contribution in [1.29, 1.82) is 0 Å². The van der Waals surface area contributed by atoms with E-state index in [4.69, 9.17) is 4.74 Å². The van der Waals surface area contributed by atoms with Crippen molar-refractivity contribution in [3.63, 3.8) is 0 Å². The molecule has 0 unspecified atom stereocenters. The molecule has 1 saturated heterocycles. The van der Waals surface area contributed by atoms with E-state index in [1.165, 1.54) is 24.3 Å². The van der Waals surface area contributed by atoms with Crippen molar-refractivity contribution in [2.45, 2.75) is 35.1 Å². The minimum Gasteiger partial charge on any atom is -0.381 e. The second-order valence-corrected chi connectivity index (χ2v) is 10.2. The third kappa shape index (κ3) is 3.76. The molecule has 0 radical (unpaired) electrons. The predicted molar refractivity (Wildman–Crippen MR) is 85.4 cm³/mol. The highest BCUT2D eigenvalue weighted by molar-refractivity contribution is 7.90. The topological polar surface area (TPSA) is 80.8 Å². The van der Waals surface area contributed by atoms with Crippen molar-refractivity contribution in [2.24, 2.45) is 5.92 Å². The van der Waals surface area contributed by atoms with E-state index in [-0.39, 0.29) is 21.8 Å². The highest BCUT2D eigenvalue weighted by Crippen LogP contribution is 2.34. The van der Waals surface area contributed by atoms with Crippen LogP contribution in [0.15, 0.2) is 34.1 Å². The van der Waals surface area contributed by atoms with Gasteiger partial charge in [0.25, 0.3) is 0 Å². The van der Waals surface area contributed by atoms with Crippen molar-refractivity contribution in [3.05, 3.63) is 24.3 Å². The van der Waals surface area contributed by atoms with Crippen molar-refractivity contribution >= 4 is 19.9 Å². The lowest BCUT2D eigenvalue weighted by Gasteiger charge is -2.24. The number of ether oxygens (including phenoxy) is 1. The molecule has 0 aromatic heterocycles. The van der Waals surface area contributed by atoms with Gasteiger partial charge in [0.05, 0.1) is 16.4 Å². The Balaban J connectivity index is 1.85. The Hall–Kier alpha value is -0.960. The van der Waals surface area contributed by atoms with Gasteiger partial charge in [-0.15, -0.1) is 0 Å². The summed E-state index contributed by atoms with van der Waals surface area (Å²) < 4.78 is 55.7. The Morgan fingerprint density at radius 1 is 1.04 bits per heavy atom. The van der Waals surface area contributed by atoms with E-state index < -0.39 is 19.9 Å². The van der Waals surface area contributed by atoms with Crippen LogP contribution in [0.5, 0.6) is 0 Å². The maximum atomic E-state index is 12.9. The van der Waals surface area contributed by atoms with Crippen LogP contribution in [-0.2, 0) is 24.6 Å². The van der Waals surface area contributed by atoms with Gasteiger partial charge in [-0.05, 0) is 49.4 Å². The first-order chi connectivity index (χ1) is 10.8. The fraction of sp³-hybridized carbons (Fsp3) is 0.600. The normalized spacial score (nSPS) is 22.6. The van der Waals surface area contributed by atoms with Gasteiger partial charge in [-0.2, -0.15) is 4.31 Å². The molecule has 0 N–H and O–H groups in total. The third-order valence-corrected chi connectivity index (χ3v) is 7.34. The summed E-state index contributed by atoms with van der Waals surface area (Å²) in [5.41, 5.74) is 0. The zero-order valence-electron chi connectivity index (χ0n) is 13.0. The summed E-state index contributed by atoms with van der Waals surface area (Å²) >= 11 is 0. The van der Waals surface area contributed by atoms with Crippen molar-refractivity contribution in [2.75, 3.05) is 26.0 Å². The van der Waals surface area contributed by atoms with Gasteiger partial charge in [-0.3, -0.25) is 0 Å². The van der Waals surface area contributed by atoms with Crippen LogP contribution in [0.25, 0.3) is 0 Å². The Morgan fingerprint density at radius 2 is 1.65 bits per heavy atom. The van der Waals surface area contributed by atoms with Gasteiger partial charge < -0.3 is 4.74 Å². The molecule has 0 amide bonds. The Labute approximate surface area is 137 Å². The van der Waals surface area contributed by atoms with Gasteiger partial charge in [-0.1, -0.05) is 0 Å². The van der Waals surface area contributed by atoms with Crippen LogP contribution in [0.3, 0.4) is 0 Å². The molecule has 23 heavy (non-hydrogen) atoms. The number of benzene rings is 1. The van der Waals surface area contributed by atoms with Gasteiger partial charge >= 0.3 is 0 Å². The summed E-state index contributed by atoms with van der Waals surface area (Å²) in [6.45, 7) is 1.76. The quantitative estimate of drug-likeness (QED) is 0.764. The molecule has 128 valence electrons. The van der Waals surface area contributed by atoms with Gasteiger partial charge in [0, 0.05) is 25.4 Å². The molecule has 1 saturated carbocycles. The SMILES string of the molecule is CS(=O)(=O)c1ccc(S(=O)(=O)N(C[C@@H]2CCOC2)C2CC2)cc1.